The number of sulfonamides is 1. The van der Waals surface area contributed by atoms with Gasteiger partial charge in [-0.1, -0.05) is 0 Å². The molecule has 0 aliphatic heterocycles. The molecule has 0 aliphatic rings. The first kappa shape index (κ1) is 12.0. The van der Waals surface area contributed by atoms with Crippen molar-refractivity contribution in [3.8, 4) is 5.75 Å². The summed E-state index contributed by atoms with van der Waals surface area (Å²) < 4.78 is 29.6. The van der Waals surface area contributed by atoms with E-state index in [0.717, 1.165) is 0 Å². The number of nitrogens with zero attached hydrogens (tertiary/aromatic N) is 1. The second kappa shape index (κ2) is 4.63. The van der Waals surface area contributed by atoms with Crippen LogP contribution < -0.4 is 4.74 Å². The molecule has 15 heavy (non-hydrogen) atoms. The van der Waals surface area contributed by atoms with Gasteiger partial charge in [-0.2, -0.15) is 0 Å². The van der Waals surface area contributed by atoms with Crippen molar-refractivity contribution in [2.75, 3.05) is 20.7 Å². The summed E-state index contributed by atoms with van der Waals surface area (Å²) in [5.74, 6) is 0.614. The van der Waals surface area contributed by atoms with Crippen LogP contribution in [0.15, 0.2) is 29.2 Å². The SMILES string of the molecule is [CH2]COc1ccc(S(=O)(=O)N(C)C)cc1. The maximum Gasteiger partial charge on any atom is 0.242 e. The van der Waals surface area contributed by atoms with Crippen LogP contribution in [-0.2, 0) is 10.0 Å². The molecule has 0 aromatic heterocycles. The van der Waals surface area contributed by atoms with Crippen molar-refractivity contribution in [3.63, 3.8) is 0 Å². The van der Waals surface area contributed by atoms with Gasteiger partial charge in [0.15, 0.2) is 0 Å². The quantitative estimate of drug-likeness (QED) is 0.776. The number of benzene rings is 1. The van der Waals surface area contributed by atoms with Gasteiger partial charge in [0.05, 0.1) is 11.5 Å². The van der Waals surface area contributed by atoms with Crippen molar-refractivity contribution in [2.24, 2.45) is 0 Å². The minimum atomic E-state index is -3.35. The van der Waals surface area contributed by atoms with Gasteiger partial charge < -0.3 is 4.74 Å². The molecule has 0 saturated carbocycles. The van der Waals surface area contributed by atoms with Crippen LogP contribution in [0.1, 0.15) is 0 Å². The predicted octanol–water partition coefficient (Wildman–Crippen LogP) is 1.15. The van der Waals surface area contributed by atoms with Gasteiger partial charge in [-0.25, -0.2) is 12.7 Å². The van der Waals surface area contributed by atoms with Crippen molar-refractivity contribution in [1.82, 2.24) is 4.31 Å². The third-order valence-electron chi connectivity index (χ3n) is 1.87. The fraction of sp³-hybridized carbons (Fsp3) is 0.300. The minimum absolute atomic E-state index is 0.254. The molecule has 0 aliphatic carbocycles. The topological polar surface area (TPSA) is 46.6 Å². The Morgan fingerprint density at radius 1 is 1.27 bits per heavy atom. The molecule has 5 heteroatoms. The summed E-state index contributed by atoms with van der Waals surface area (Å²) in [6.45, 7) is 3.85. The standard InChI is InChI=1S/C10H14NO3S/c1-4-14-9-5-7-10(8-6-9)15(12,13)11(2)3/h5-8H,1,4H2,2-3H3. The second-order valence-corrected chi connectivity index (χ2v) is 5.26. The van der Waals surface area contributed by atoms with Crippen LogP contribution in [0.3, 0.4) is 0 Å². The van der Waals surface area contributed by atoms with E-state index in [0.29, 0.717) is 12.4 Å². The highest BCUT2D eigenvalue weighted by Gasteiger charge is 2.16. The van der Waals surface area contributed by atoms with Gasteiger partial charge >= 0.3 is 0 Å². The van der Waals surface area contributed by atoms with E-state index in [1.165, 1.54) is 30.5 Å². The van der Waals surface area contributed by atoms with Crippen LogP contribution in [0.4, 0.5) is 0 Å². The Morgan fingerprint density at radius 3 is 2.20 bits per heavy atom. The first-order chi connectivity index (χ1) is 6.98. The highest BCUT2D eigenvalue weighted by atomic mass is 32.2. The smallest absolute Gasteiger partial charge is 0.242 e. The van der Waals surface area contributed by atoms with Crippen LogP contribution in [0.5, 0.6) is 5.75 Å². The molecule has 1 aromatic rings. The van der Waals surface area contributed by atoms with E-state index in [4.69, 9.17) is 4.74 Å². The number of hydrogen-bond acceptors (Lipinski definition) is 3. The molecular formula is C10H14NO3S. The molecule has 0 atom stereocenters. The Kier molecular flexibility index (Phi) is 3.71. The molecule has 4 nitrogen and oxygen atoms in total. The van der Waals surface area contributed by atoms with Gasteiger partial charge in [-0.3, -0.25) is 0 Å². The first-order valence-corrected chi connectivity index (χ1v) is 5.87. The van der Waals surface area contributed by atoms with E-state index in [9.17, 15) is 8.42 Å². The van der Waals surface area contributed by atoms with Gasteiger partial charge in [0, 0.05) is 14.1 Å². The Balaban J connectivity index is 2.99. The van der Waals surface area contributed by atoms with Crippen LogP contribution in [-0.4, -0.2) is 33.4 Å². The molecule has 0 heterocycles. The molecule has 0 unspecified atom stereocenters. The molecule has 0 saturated heterocycles. The largest absolute Gasteiger partial charge is 0.494 e. The van der Waals surface area contributed by atoms with Crippen molar-refractivity contribution >= 4 is 10.0 Å². The number of ether oxygens (including phenoxy) is 1. The normalized spacial score (nSPS) is 11.7. The second-order valence-electron chi connectivity index (χ2n) is 3.11. The number of rotatable bonds is 4. The summed E-state index contributed by atoms with van der Waals surface area (Å²) in [6, 6.07) is 6.25. The van der Waals surface area contributed by atoms with Gasteiger partial charge in [0.1, 0.15) is 5.75 Å². The van der Waals surface area contributed by atoms with E-state index < -0.39 is 10.0 Å². The summed E-state index contributed by atoms with van der Waals surface area (Å²) in [6.07, 6.45) is 0. The maximum absolute atomic E-state index is 11.7. The lowest BCUT2D eigenvalue weighted by molar-refractivity contribution is 0.361. The van der Waals surface area contributed by atoms with Crippen LogP contribution in [0.2, 0.25) is 0 Å². The van der Waals surface area contributed by atoms with E-state index in [2.05, 4.69) is 6.92 Å². The molecule has 0 N–H and O–H groups in total. The summed E-state index contributed by atoms with van der Waals surface area (Å²) in [7, 11) is -0.355. The van der Waals surface area contributed by atoms with Crippen LogP contribution >= 0.6 is 0 Å². The Morgan fingerprint density at radius 2 is 1.80 bits per heavy atom. The van der Waals surface area contributed by atoms with Gasteiger partial charge in [-0.15, -0.1) is 0 Å². The minimum Gasteiger partial charge on any atom is -0.494 e. The zero-order valence-electron chi connectivity index (χ0n) is 8.80. The van der Waals surface area contributed by atoms with Crippen LogP contribution in [0, 0.1) is 6.92 Å². The molecule has 83 valence electrons. The lowest BCUT2D eigenvalue weighted by atomic mass is 10.3. The van der Waals surface area contributed by atoms with E-state index in [1.54, 1.807) is 12.1 Å². The first-order valence-electron chi connectivity index (χ1n) is 4.43. The van der Waals surface area contributed by atoms with Crippen LogP contribution in [0.25, 0.3) is 0 Å². The van der Waals surface area contributed by atoms with Crippen molar-refractivity contribution in [2.45, 2.75) is 4.90 Å². The highest BCUT2D eigenvalue weighted by molar-refractivity contribution is 7.89. The summed E-state index contributed by atoms with van der Waals surface area (Å²) in [5, 5.41) is 0. The molecule has 0 bridgehead atoms. The van der Waals surface area contributed by atoms with Gasteiger partial charge in [-0.05, 0) is 31.2 Å². The zero-order valence-corrected chi connectivity index (χ0v) is 9.62. The fourth-order valence-electron chi connectivity index (χ4n) is 1.04. The fourth-order valence-corrected chi connectivity index (χ4v) is 1.94. The molecule has 0 spiro atoms. The van der Waals surface area contributed by atoms with E-state index >= 15 is 0 Å². The highest BCUT2D eigenvalue weighted by Crippen LogP contribution is 2.17. The lowest BCUT2D eigenvalue weighted by Crippen LogP contribution is -2.22. The Bertz CT molecular complexity index is 409. The average Bonchev–Trinajstić information content (AvgIpc) is 2.19. The van der Waals surface area contributed by atoms with Gasteiger partial charge in [0.2, 0.25) is 10.0 Å². The summed E-state index contributed by atoms with van der Waals surface area (Å²) in [4.78, 5) is 0.254. The van der Waals surface area contributed by atoms with Crippen molar-refractivity contribution in [1.29, 1.82) is 0 Å². The molecule has 0 amide bonds. The summed E-state index contributed by atoms with van der Waals surface area (Å²) >= 11 is 0. The molecule has 1 radical (unpaired) electrons. The predicted molar refractivity (Wildman–Crippen MR) is 58.2 cm³/mol. The third kappa shape index (κ3) is 2.70. The monoisotopic (exact) mass is 228 g/mol. The maximum atomic E-state index is 11.7. The summed E-state index contributed by atoms with van der Waals surface area (Å²) in [5.41, 5.74) is 0. The lowest BCUT2D eigenvalue weighted by Gasteiger charge is -2.11. The van der Waals surface area contributed by atoms with Crippen molar-refractivity contribution < 1.29 is 13.2 Å². The van der Waals surface area contributed by atoms with E-state index in [1.807, 2.05) is 0 Å². The molecular weight excluding hydrogens is 214 g/mol. The number of hydrogen-bond donors (Lipinski definition) is 0. The van der Waals surface area contributed by atoms with E-state index in [-0.39, 0.29) is 4.90 Å². The Hall–Kier alpha value is -1.07. The molecule has 1 rings (SSSR count). The Labute approximate surface area is 90.5 Å². The molecule has 1 aromatic carbocycles. The van der Waals surface area contributed by atoms with Crippen molar-refractivity contribution in [3.05, 3.63) is 31.2 Å². The van der Waals surface area contributed by atoms with Gasteiger partial charge in [0.25, 0.3) is 0 Å². The zero-order chi connectivity index (χ0) is 11.5. The molecule has 0 fully saturated rings. The average molecular weight is 228 g/mol. The third-order valence-corrected chi connectivity index (χ3v) is 3.70.